The second-order valence-electron chi connectivity index (χ2n) is 7.43. The molecule has 1 aliphatic heterocycles. The van der Waals surface area contributed by atoms with Crippen molar-refractivity contribution in [1.82, 2.24) is 4.90 Å². The Labute approximate surface area is 187 Å². The molecule has 2 N–H and O–H groups in total. The second kappa shape index (κ2) is 10.2. The molecule has 0 bridgehead atoms. The van der Waals surface area contributed by atoms with Crippen LogP contribution in [0.15, 0.2) is 52.3 Å². The number of hydrogen-bond acceptors (Lipinski definition) is 5. The summed E-state index contributed by atoms with van der Waals surface area (Å²) in [4.78, 5) is 26.9. The smallest absolute Gasteiger partial charge is 0.261 e. The Hall–Kier alpha value is -2.52. The normalized spacial score (nSPS) is 14.6. The summed E-state index contributed by atoms with van der Waals surface area (Å²) in [6, 6.07) is 11.0. The van der Waals surface area contributed by atoms with Crippen LogP contribution in [0.5, 0.6) is 0 Å². The Balaban J connectivity index is 1.84. The van der Waals surface area contributed by atoms with Crippen molar-refractivity contribution in [2.24, 2.45) is 0 Å². The molecule has 2 aromatic rings. The van der Waals surface area contributed by atoms with Gasteiger partial charge in [0.2, 0.25) is 5.91 Å². The number of nitrogens with one attached hydrogen (secondary N) is 2. The fourth-order valence-corrected chi connectivity index (χ4v) is 5.16. The van der Waals surface area contributed by atoms with Crippen molar-refractivity contribution >= 4 is 45.0 Å². The summed E-state index contributed by atoms with van der Waals surface area (Å²) in [5.74, 6) is -0.327. The fourth-order valence-electron chi connectivity index (χ4n) is 3.50. The monoisotopic (exact) mass is 461 g/mol. The molecule has 0 aromatic heterocycles. The molecule has 0 saturated carbocycles. The van der Waals surface area contributed by atoms with Gasteiger partial charge in [-0.1, -0.05) is 12.8 Å². The van der Waals surface area contributed by atoms with Crippen molar-refractivity contribution in [3.8, 4) is 0 Å². The van der Waals surface area contributed by atoms with Gasteiger partial charge in [0.25, 0.3) is 15.9 Å². The molecule has 9 heteroatoms. The lowest BCUT2D eigenvalue weighted by molar-refractivity contribution is -0.114. The zero-order valence-electron chi connectivity index (χ0n) is 17.7. The van der Waals surface area contributed by atoms with E-state index in [-0.39, 0.29) is 16.7 Å². The minimum absolute atomic E-state index is 0.0365. The van der Waals surface area contributed by atoms with Gasteiger partial charge in [-0.2, -0.15) is 0 Å². The topological polar surface area (TPSA) is 95.6 Å². The van der Waals surface area contributed by atoms with E-state index in [1.165, 1.54) is 30.8 Å². The molecule has 0 aliphatic carbocycles. The number of carbonyl (C=O) groups excluding carboxylic acids is 2. The molecule has 0 unspecified atom stereocenters. The fraction of sp³-hybridized carbons (Fsp3) is 0.364. The summed E-state index contributed by atoms with van der Waals surface area (Å²) < 4.78 is 28.5. The molecule has 1 aliphatic rings. The first-order valence-corrected chi connectivity index (χ1v) is 12.9. The van der Waals surface area contributed by atoms with Gasteiger partial charge in [0.1, 0.15) is 0 Å². The molecule has 2 amide bonds. The lowest BCUT2D eigenvalue weighted by Gasteiger charge is -2.22. The van der Waals surface area contributed by atoms with Gasteiger partial charge in [-0.05, 0) is 61.6 Å². The number of nitrogens with zero attached hydrogens (tertiary/aromatic N) is 1. The van der Waals surface area contributed by atoms with Crippen molar-refractivity contribution in [1.29, 1.82) is 0 Å². The van der Waals surface area contributed by atoms with Crippen molar-refractivity contribution in [3.63, 3.8) is 0 Å². The quantitative estimate of drug-likeness (QED) is 0.629. The molecular weight excluding hydrogens is 434 g/mol. The third-order valence-electron chi connectivity index (χ3n) is 5.06. The van der Waals surface area contributed by atoms with E-state index in [0.29, 0.717) is 30.0 Å². The molecule has 166 valence electrons. The van der Waals surface area contributed by atoms with E-state index in [1.807, 2.05) is 11.2 Å². The number of thioether (sulfide) groups is 1. The van der Waals surface area contributed by atoms with Gasteiger partial charge in [0.05, 0.1) is 10.5 Å². The van der Waals surface area contributed by atoms with Gasteiger partial charge < -0.3 is 10.2 Å². The first kappa shape index (κ1) is 23.1. The summed E-state index contributed by atoms with van der Waals surface area (Å²) >= 11 is 1.43. The Morgan fingerprint density at radius 1 is 0.935 bits per heavy atom. The Bertz CT molecular complexity index is 1040. The van der Waals surface area contributed by atoms with E-state index in [1.54, 1.807) is 30.3 Å². The number of carbonyl (C=O) groups is 2. The van der Waals surface area contributed by atoms with Crippen LogP contribution in [0, 0.1) is 0 Å². The molecule has 3 rings (SSSR count). The van der Waals surface area contributed by atoms with Crippen LogP contribution in [-0.4, -0.2) is 44.5 Å². The van der Waals surface area contributed by atoms with Crippen LogP contribution in [0.2, 0.25) is 0 Å². The molecule has 0 spiro atoms. The van der Waals surface area contributed by atoms with E-state index in [9.17, 15) is 18.0 Å². The molecular formula is C22H27N3O4S2. The van der Waals surface area contributed by atoms with Crippen LogP contribution in [-0.2, 0) is 14.8 Å². The minimum Gasteiger partial charge on any atom is -0.339 e. The SMILES string of the molecule is CSc1ccc(S(=O)(=O)Nc2ccc(NC(C)=O)cc2)cc1C(=O)N1CCCCCC1. The molecule has 1 fully saturated rings. The maximum absolute atomic E-state index is 13.2. The van der Waals surface area contributed by atoms with E-state index in [2.05, 4.69) is 10.0 Å². The molecule has 0 radical (unpaired) electrons. The summed E-state index contributed by atoms with van der Waals surface area (Å²) in [7, 11) is -3.89. The average Bonchev–Trinajstić information content (AvgIpc) is 3.03. The molecule has 1 saturated heterocycles. The number of rotatable bonds is 6. The van der Waals surface area contributed by atoms with Gasteiger partial charge in [-0.15, -0.1) is 11.8 Å². The zero-order valence-corrected chi connectivity index (χ0v) is 19.3. The van der Waals surface area contributed by atoms with E-state index < -0.39 is 10.0 Å². The van der Waals surface area contributed by atoms with Crippen molar-refractivity contribution in [3.05, 3.63) is 48.0 Å². The summed E-state index contributed by atoms with van der Waals surface area (Å²) in [6.07, 6.45) is 6.02. The van der Waals surface area contributed by atoms with Crippen LogP contribution in [0.25, 0.3) is 0 Å². The van der Waals surface area contributed by atoms with Gasteiger partial charge in [-0.3, -0.25) is 14.3 Å². The molecule has 1 heterocycles. The first-order valence-electron chi connectivity index (χ1n) is 10.2. The minimum atomic E-state index is -3.89. The third kappa shape index (κ3) is 6.01. The van der Waals surface area contributed by atoms with Crippen molar-refractivity contribution in [2.45, 2.75) is 42.4 Å². The predicted octanol–water partition coefficient (Wildman–Crippen LogP) is 4.18. The van der Waals surface area contributed by atoms with E-state index >= 15 is 0 Å². The van der Waals surface area contributed by atoms with Gasteiger partial charge in [0.15, 0.2) is 0 Å². The van der Waals surface area contributed by atoms with Crippen LogP contribution in [0.4, 0.5) is 11.4 Å². The number of sulfonamides is 1. The number of hydrogen-bond donors (Lipinski definition) is 2. The molecule has 0 atom stereocenters. The maximum atomic E-state index is 13.2. The standard InChI is InChI=1S/C22H27N3O4S2/c1-16(26)23-17-7-9-18(10-8-17)24-31(28,29)19-11-12-21(30-2)20(15-19)22(27)25-13-5-3-4-6-14-25/h7-12,15,24H,3-6,13-14H2,1-2H3,(H,23,26). The summed E-state index contributed by atoms with van der Waals surface area (Å²) in [6.45, 7) is 2.80. The van der Waals surface area contributed by atoms with Crippen LogP contribution >= 0.6 is 11.8 Å². The second-order valence-corrected chi connectivity index (χ2v) is 9.96. The number of benzene rings is 2. The largest absolute Gasteiger partial charge is 0.339 e. The average molecular weight is 462 g/mol. The van der Waals surface area contributed by atoms with Crippen LogP contribution < -0.4 is 10.0 Å². The Kier molecular flexibility index (Phi) is 7.61. The van der Waals surface area contributed by atoms with Crippen LogP contribution in [0.3, 0.4) is 0 Å². The van der Waals surface area contributed by atoms with Crippen molar-refractivity contribution in [2.75, 3.05) is 29.4 Å². The Morgan fingerprint density at radius 3 is 2.13 bits per heavy atom. The van der Waals surface area contributed by atoms with E-state index in [0.717, 1.165) is 30.6 Å². The number of likely N-dealkylation sites (tertiary alicyclic amines) is 1. The maximum Gasteiger partial charge on any atom is 0.261 e. The third-order valence-corrected chi connectivity index (χ3v) is 7.24. The molecule has 2 aromatic carbocycles. The number of anilines is 2. The van der Waals surface area contributed by atoms with Crippen LogP contribution in [0.1, 0.15) is 43.0 Å². The Morgan fingerprint density at radius 2 is 1.55 bits per heavy atom. The highest BCUT2D eigenvalue weighted by Gasteiger charge is 2.23. The number of amides is 2. The van der Waals surface area contributed by atoms with Gasteiger partial charge in [-0.25, -0.2) is 8.42 Å². The lowest BCUT2D eigenvalue weighted by atomic mass is 10.2. The van der Waals surface area contributed by atoms with Gasteiger partial charge >= 0.3 is 0 Å². The van der Waals surface area contributed by atoms with Crippen molar-refractivity contribution < 1.29 is 18.0 Å². The van der Waals surface area contributed by atoms with E-state index in [4.69, 9.17) is 0 Å². The first-order chi connectivity index (χ1) is 14.8. The van der Waals surface area contributed by atoms with Gasteiger partial charge in [0, 0.05) is 36.3 Å². The lowest BCUT2D eigenvalue weighted by Crippen LogP contribution is -2.32. The predicted molar refractivity (Wildman–Crippen MR) is 124 cm³/mol. The zero-order chi connectivity index (χ0) is 22.4. The highest BCUT2D eigenvalue weighted by Crippen LogP contribution is 2.27. The highest BCUT2D eigenvalue weighted by molar-refractivity contribution is 7.98. The molecule has 7 nitrogen and oxygen atoms in total. The summed E-state index contributed by atoms with van der Waals surface area (Å²) in [5.41, 5.74) is 1.35. The summed E-state index contributed by atoms with van der Waals surface area (Å²) in [5, 5.41) is 2.63. The highest BCUT2D eigenvalue weighted by atomic mass is 32.2. The molecule has 31 heavy (non-hydrogen) atoms.